The third-order valence-corrected chi connectivity index (χ3v) is 4.78. The first-order valence-corrected chi connectivity index (χ1v) is 10.1. The highest BCUT2D eigenvalue weighted by Gasteiger charge is 2.20. The van der Waals surface area contributed by atoms with Crippen molar-refractivity contribution in [2.45, 2.75) is 33.1 Å². The summed E-state index contributed by atoms with van der Waals surface area (Å²) in [5.41, 5.74) is 2.50. The zero-order valence-corrected chi connectivity index (χ0v) is 16.4. The number of carbonyl (C=O) groups excluding carboxylic acids is 1. The zero-order chi connectivity index (χ0) is 19.6. The number of nitrogens with zero attached hydrogens (tertiary/aromatic N) is 4. The number of hydrogen-bond donors (Lipinski definition) is 0. The summed E-state index contributed by atoms with van der Waals surface area (Å²) in [6.45, 7) is 4.51. The van der Waals surface area contributed by atoms with E-state index in [1.165, 1.54) is 11.8 Å². The third kappa shape index (κ3) is 6.16. The van der Waals surface area contributed by atoms with Crippen molar-refractivity contribution in [1.82, 2.24) is 14.8 Å². The number of anilines is 1. The van der Waals surface area contributed by atoms with Crippen molar-refractivity contribution < 1.29 is 13.6 Å². The highest BCUT2D eigenvalue weighted by Crippen LogP contribution is 2.24. The Morgan fingerprint density at radius 1 is 1.37 bits per heavy atom. The Morgan fingerprint density at radius 3 is 2.81 bits per heavy atom. The number of rotatable bonds is 10. The summed E-state index contributed by atoms with van der Waals surface area (Å²) in [6, 6.07) is 3.75. The van der Waals surface area contributed by atoms with Gasteiger partial charge in [0, 0.05) is 30.7 Å². The molecule has 0 aliphatic carbocycles. The Morgan fingerprint density at radius 2 is 2.19 bits per heavy atom. The van der Waals surface area contributed by atoms with Crippen LogP contribution in [0.5, 0.6) is 0 Å². The molecule has 0 fully saturated rings. The van der Waals surface area contributed by atoms with E-state index in [-0.39, 0.29) is 11.7 Å². The number of carbonyl (C=O) groups is 1. The van der Waals surface area contributed by atoms with Crippen LogP contribution in [0.2, 0.25) is 0 Å². The molecule has 0 aliphatic heterocycles. The quantitative estimate of drug-likeness (QED) is 0.558. The third-order valence-electron chi connectivity index (χ3n) is 3.89. The fourth-order valence-electron chi connectivity index (χ4n) is 2.64. The number of hydrogen-bond acceptors (Lipinski definition) is 4. The van der Waals surface area contributed by atoms with Gasteiger partial charge in [-0.25, -0.2) is 4.68 Å². The first kappa shape index (κ1) is 21.1. The molecule has 2 heterocycles. The molecule has 2 aromatic heterocycles. The standard InChI is InChI=1S/C19H24F2N4OS/c1-3-6-16-17(14-25(23-16)15-7-5-10-22-13-15)24(4-2)19(26)9-12-27-11-8-18(20)21/h5,7-8,10,13-14H,3-4,6,9,11-12H2,1-2H3. The van der Waals surface area contributed by atoms with Crippen LogP contribution in [0.15, 0.2) is 42.9 Å². The van der Waals surface area contributed by atoms with Crippen molar-refractivity contribution in [1.29, 1.82) is 0 Å². The average Bonchev–Trinajstić information content (AvgIpc) is 3.06. The van der Waals surface area contributed by atoms with Crippen molar-refractivity contribution in [2.75, 3.05) is 23.0 Å². The van der Waals surface area contributed by atoms with Crippen LogP contribution in [0.1, 0.15) is 32.4 Å². The Balaban J connectivity index is 2.13. The maximum Gasteiger partial charge on any atom is 0.267 e. The minimum atomic E-state index is -1.68. The minimum absolute atomic E-state index is 0.0298. The average molecular weight is 394 g/mol. The van der Waals surface area contributed by atoms with Crippen molar-refractivity contribution >= 4 is 23.4 Å². The molecule has 0 atom stereocenters. The number of halogens is 2. The molecule has 27 heavy (non-hydrogen) atoms. The summed E-state index contributed by atoms with van der Waals surface area (Å²) < 4.78 is 25.8. The summed E-state index contributed by atoms with van der Waals surface area (Å²) in [5.74, 6) is 0.679. The van der Waals surface area contributed by atoms with Crippen LogP contribution in [0.4, 0.5) is 14.5 Å². The molecule has 0 aliphatic rings. The number of aryl methyl sites for hydroxylation is 1. The van der Waals surface area contributed by atoms with E-state index in [0.717, 1.165) is 36.0 Å². The second kappa shape index (κ2) is 10.8. The molecule has 0 aromatic carbocycles. The van der Waals surface area contributed by atoms with Gasteiger partial charge >= 0.3 is 0 Å². The second-order valence-corrected chi connectivity index (χ2v) is 6.97. The first-order chi connectivity index (χ1) is 13.1. The summed E-state index contributed by atoms with van der Waals surface area (Å²) in [6.07, 6.45) is 6.44. The lowest BCUT2D eigenvalue weighted by molar-refractivity contribution is -0.118. The van der Waals surface area contributed by atoms with Crippen molar-refractivity contribution in [3.63, 3.8) is 0 Å². The molecule has 0 unspecified atom stereocenters. The van der Waals surface area contributed by atoms with E-state index in [2.05, 4.69) is 17.0 Å². The highest BCUT2D eigenvalue weighted by molar-refractivity contribution is 7.99. The molecule has 0 bridgehead atoms. The van der Waals surface area contributed by atoms with Crippen LogP contribution in [0.25, 0.3) is 5.69 Å². The van der Waals surface area contributed by atoms with Crippen molar-refractivity contribution in [3.8, 4) is 5.69 Å². The first-order valence-electron chi connectivity index (χ1n) is 8.95. The Hall–Kier alpha value is -2.22. The van der Waals surface area contributed by atoms with Crippen LogP contribution >= 0.6 is 11.8 Å². The normalized spacial score (nSPS) is 10.7. The van der Waals surface area contributed by atoms with Gasteiger partial charge in [-0.1, -0.05) is 13.3 Å². The van der Waals surface area contributed by atoms with Crippen molar-refractivity contribution in [2.24, 2.45) is 0 Å². The fraction of sp³-hybridized carbons (Fsp3) is 0.421. The van der Waals surface area contributed by atoms with E-state index in [9.17, 15) is 13.6 Å². The largest absolute Gasteiger partial charge is 0.310 e. The molecule has 0 N–H and O–H groups in total. The summed E-state index contributed by atoms with van der Waals surface area (Å²) in [7, 11) is 0. The lowest BCUT2D eigenvalue weighted by Crippen LogP contribution is -2.31. The fourth-order valence-corrected chi connectivity index (χ4v) is 3.37. The van der Waals surface area contributed by atoms with Crippen LogP contribution in [0, 0.1) is 0 Å². The summed E-state index contributed by atoms with van der Waals surface area (Å²) in [4.78, 5) is 18.5. The molecule has 1 amide bonds. The van der Waals surface area contributed by atoms with Gasteiger partial charge in [-0.05, 0) is 31.6 Å². The summed E-state index contributed by atoms with van der Waals surface area (Å²) >= 11 is 1.32. The van der Waals surface area contributed by atoms with E-state index < -0.39 is 6.08 Å². The highest BCUT2D eigenvalue weighted by atomic mass is 32.2. The number of thioether (sulfide) groups is 1. The smallest absolute Gasteiger partial charge is 0.267 e. The molecule has 0 radical (unpaired) electrons. The number of aromatic nitrogens is 3. The Kier molecular flexibility index (Phi) is 8.44. The molecular weight excluding hydrogens is 370 g/mol. The molecular formula is C19H24F2N4OS. The lowest BCUT2D eigenvalue weighted by atomic mass is 10.2. The molecule has 146 valence electrons. The predicted octanol–water partition coefficient (Wildman–Crippen LogP) is 4.48. The van der Waals surface area contributed by atoms with E-state index >= 15 is 0 Å². The zero-order valence-electron chi connectivity index (χ0n) is 15.6. The van der Waals surface area contributed by atoms with Crippen LogP contribution in [0.3, 0.4) is 0 Å². The van der Waals surface area contributed by atoms with E-state index in [0.29, 0.717) is 18.7 Å². The monoisotopic (exact) mass is 394 g/mol. The molecule has 0 saturated carbocycles. The molecule has 8 heteroatoms. The van der Waals surface area contributed by atoms with E-state index in [4.69, 9.17) is 0 Å². The van der Waals surface area contributed by atoms with Gasteiger partial charge in [0.1, 0.15) is 0 Å². The molecule has 5 nitrogen and oxygen atoms in total. The van der Waals surface area contributed by atoms with Gasteiger partial charge < -0.3 is 4.90 Å². The van der Waals surface area contributed by atoms with Gasteiger partial charge in [0.15, 0.2) is 0 Å². The predicted molar refractivity (Wildman–Crippen MR) is 106 cm³/mol. The lowest BCUT2D eigenvalue weighted by Gasteiger charge is -2.20. The molecule has 0 spiro atoms. The second-order valence-electron chi connectivity index (χ2n) is 5.82. The van der Waals surface area contributed by atoms with Gasteiger partial charge in [-0.15, -0.1) is 0 Å². The Labute approximate surface area is 162 Å². The number of pyridine rings is 1. The van der Waals surface area contributed by atoms with Crippen LogP contribution < -0.4 is 4.90 Å². The molecule has 2 aromatic rings. The van der Waals surface area contributed by atoms with Crippen LogP contribution in [-0.2, 0) is 11.2 Å². The van der Waals surface area contributed by atoms with E-state index in [1.54, 1.807) is 22.0 Å². The van der Waals surface area contributed by atoms with Gasteiger partial charge in [0.25, 0.3) is 6.08 Å². The van der Waals surface area contributed by atoms with E-state index in [1.807, 2.05) is 25.3 Å². The van der Waals surface area contributed by atoms with Gasteiger partial charge in [0.05, 0.1) is 29.5 Å². The van der Waals surface area contributed by atoms with Gasteiger partial charge in [-0.3, -0.25) is 9.78 Å². The SMILES string of the molecule is CCCc1nn(-c2cccnc2)cc1N(CC)C(=O)CCSCC=C(F)F. The summed E-state index contributed by atoms with van der Waals surface area (Å²) in [5, 5.41) is 4.64. The topological polar surface area (TPSA) is 51.0 Å². The minimum Gasteiger partial charge on any atom is -0.310 e. The molecule has 0 saturated heterocycles. The van der Waals surface area contributed by atoms with Crippen molar-refractivity contribution in [3.05, 3.63) is 48.6 Å². The Bertz CT molecular complexity index is 760. The van der Waals surface area contributed by atoms with Gasteiger partial charge in [0.2, 0.25) is 5.91 Å². The van der Waals surface area contributed by atoms with Gasteiger partial charge in [-0.2, -0.15) is 25.6 Å². The maximum absolute atomic E-state index is 12.7. The molecule has 2 rings (SSSR count). The number of amides is 1. The van der Waals surface area contributed by atoms with Crippen LogP contribution in [-0.4, -0.2) is 38.7 Å². The maximum atomic E-state index is 12.7.